The number of nitrogens with zero attached hydrogens (tertiary/aromatic N) is 4. The molecule has 0 bridgehead atoms. The highest BCUT2D eigenvalue weighted by molar-refractivity contribution is 8.16. The minimum atomic E-state index is -0.734. The second kappa shape index (κ2) is 12.9. The number of fused-ring (bicyclic) bond motifs is 1. The van der Waals surface area contributed by atoms with Crippen LogP contribution in [-0.2, 0) is 9.59 Å². The van der Waals surface area contributed by atoms with Gasteiger partial charge in [-0.2, -0.15) is 0 Å². The molecule has 0 aromatic carbocycles. The van der Waals surface area contributed by atoms with Crippen LogP contribution in [0.1, 0.15) is 47.2 Å². The molecular weight excluding hydrogens is 562 g/mol. The Morgan fingerprint density at radius 1 is 1.31 bits per heavy atom. The van der Waals surface area contributed by atoms with Crippen LogP contribution in [0.3, 0.4) is 0 Å². The second-order valence-electron chi connectivity index (χ2n) is 9.40. The van der Waals surface area contributed by atoms with Gasteiger partial charge < -0.3 is 32.7 Å². The third-order valence-corrected chi connectivity index (χ3v) is 8.92. The predicted molar refractivity (Wildman–Crippen MR) is 155 cm³/mol. The van der Waals surface area contributed by atoms with Crippen molar-refractivity contribution in [3.63, 3.8) is 0 Å². The van der Waals surface area contributed by atoms with Crippen LogP contribution >= 0.6 is 34.7 Å². The first-order valence-electron chi connectivity index (χ1n) is 12.6. The van der Waals surface area contributed by atoms with Crippen molar-refractivity contribution < 1.29 is 14.4 Å². The van der Waals surface area contributed by atoms with Gasteiger partial charge in [0.25, 0.3) is 11.8 Å². The average molecular weight is 594 g/mol. The van der Waals surface area contributed by atoms with E-state index in [2.05, 4.69) is 25.6 Å². The first-order chi connectivity index (χ1) is 18.7. The number of likely N-dealkylation sites (tertiary alicyclic amines) is 1. The summed E-state index contributed by atoms with van der Waals surface area (Å²) in [5, 5.41) is 8.64. The van der Waals surface area contributed by atoms with E-state index in [4.69, 9.17) is 28.8 Å². The number of likely N-dealkylation sites (N-methyl/N-ethyl adjacent to an activating group) is 1. The van der Waals surface area contributed by atoms with Crippen molar-refractivity contribution in [1.29, 1.82) is 0 Å². The fraction of sp³-hybridized carbons (Fsp3) is 0.500. The molecule has 4 rings (SSSR count). The van der Waals surface area contributed by atoms with Crippen molar-refractivity contribution in [3.05, 3.63) is 39.3 Å². The Bertz CT molecular complexity index is 1230. The van der Waals surface area contributed by atoms with Crippen molar-refractivity contribution in [2.45, 2.75) is 55.1 Å². The normalized spacial score (nSPS) is 24.4. The van der Waals surface area contributed by atoms with Crippen LogP contribution in [0.15, 0.2) is 38.6 Å². The monoisotopic (exact) mass is 593 g/mol. The summed E-state index contributed by atoms with van der Waals surface area (Å²) in [5.41, 5.74) is 17.1. The number of nitrogens with two attached hydrogens (primary N) is 3. The number of hydrogen-bond acceptors (Lipinski definition) is 9. The molecule has 15 heteroatoms. The molecule has 1 aliphatic carbocycles. The first-order valence-corrected chi connectivity index (χ1v) is 14.7. The summed E-state index contributed by atoms with van der Waals surface area (Å²) in [6, 6.07) is -1.50. The van der Waals surface area contributed by atoms with Gasteiger partial charge in [-0.15, -0.1) is 11.3 Å². The van der Waals surface area contributed by atoms with Gasteiger partial charge in [-0.05, 0) is 37.8 Å². The maximum absolute atomic E-state index is 13.5. The molecule has 8 N–H and O–H groups in total. The van der Waals surface area contributed by atoms with Crippen molar-refractivity contribution in [2.75, 3.05) is 20.1 Å². The third-order valence-electron chi connectivity index (χ3n) is 6.51. The number of unbranched alkanes of at least 4 members (excludes halogenated alkanes) is 1. The lowest BCUT2D eigenvalue weighted by molar-refractivity contribution is -0.125. The lowest BCUT2D eigenvalue weighted by atomic mass is 10.1. The number of thiazole rings is 1. The zero-order valence-corrected chi connectivity index (χ0v) is 23.8. The number of amides is 3. The van der Waals surface area contributed by atoms with Crippen LogP contribution in [0.25, 0.3) is 0 Å². The van der Waals surface area contributed by atoms with Gasteiger partial charge in [-0.1, -0.05) is 29.4 Å². The van der Waals surface area contributed by atoms with Gasteiger partial charge in [0, 0.05) is 36.6 Å². The van der Waals surface area contributed by atoms with Gasteiger partial charge >= 0.3 is 0 Å². The highest BCUT2D eigenvalue weighted by Gasteiger charge is 2.41. The Kier molecular flexibility index (Phi) is 9.64. The molecule has 1 saturated heterocycles. The number of aromatic nitrogens is 1. The number of aliphatic imine (C=N–C) groups is 2. The van der Waals surface area contributed by atoms with Crippen LogP contribution < -0.4 is 27.8 Å². The van der Waals surface area contributed by atoms with Crippen molar-refractivity contribution >= 4 is 63.4 Å². The van der Waals surface area contributed by atoms with E-state index in [0.29, 0.717) is 53.9 Å². The molecule has 0 saturated carbocycles. The largest absolute Gasteiger partial charge is 0.370 e. The molecule has 0 spiro atoms. The number of allylic oxidation sites excluding steroid dienone is 2. The van der Waals surface area contributed by atoms with Gasteiger partial charge in [-0.25, -0.2) is 4.98 Å². The molecule has 3 amide bonds. The third kappa shape index (κ3) is 7.18. The van der Waals surface area contributed by atoms with Crippen LogP contribution in [0.2, 0.25) is 0 Å². The highest BCUT2D eigenvalue weighted by atomic mass is 35.5. The summed E-state index contributed by atoms with van der Waals surface area (Å²) >= 11 is 8.80. The Balaban J connectivity index is 1.41. The number of hydrogen-bond donors (Lipinski definition) is 5. The van der Waals surface area contributed by atoms with E-state index < -0.39 is 11.9 Å². The number of guanidine groups is 1. The molecule has 1 aromatic rings. The van der Waals surface area contributed by atoms with E-state index in [1.807, 2.05) is 18.2 Å². The topological polar surface area (TPSA) is 194 Å². The molecule has 5 atom stereocenters. The molecule has 1 aromatic heterocycles. The Labute approximate surface area is 239 Å². The van der Waals surface area contributed by atoms with E-state index in [9.17, 15) is 14.4 Å². The molecule has 3 heterocycles. The van der Waals surface area contributed by atoms with E-state index in [0.717, 1.165) is 0 Å². The fourth-order valence-electron chi connectivity index (χ4n) is 4.57. The van der Waals surface area contributed by atoms with Crippen LogP contribution in [-0.4, -0.2) is 82.1 Å². The standard InChI is InChI=1S/C24H32ClN9O3S2/c1-29-19(35)14(4-2-3-7-30-24(27)28)31-20(36)16-11-38-21(33-16)17-9-13(26)10-34(17)23(37)22-32-15-8-12(25)5-6-18(15)39-22/h5-6,8,11,13-15,17-18H,2-4,7,9-10,26H2,1H3,(H,29,35)(H,31,36)(H4,27,28,30)/t13-,14+,15?,17+,18?/m1/s1. The van der Waals surface area contributed by atoms with E-state index in [1.54, 1.807) is 10.3 Å². The van der Waals surface area contributed by atoms with Gasteiger partial charge in [0.1, 0.15) is 16.7 Å². The van der Waals surface area contributed by atoms with Crippen LogP contribution in [0.4, 0.5) is 0 Å². The molecule has 39 heavy (non-hydrogen) atoms. The van der Waals surface area contributed by atoms with Crippen LogP contribution in [0.5, 0.6) is 0 Å². The molecular formula is C24H32ClN9O3S2. The Hall–Kier alpha value is -2.94. The molecule has 210 valence electrons. The highest BCUT2D eigenvalue weighted by Crippen LogP contribution is 2.38. The number of rotatable bonds is 10. The van der Waals surface area contributed by atoms with Gasteiger partial charge in [-0.3, -0.25) is 24.4 Å². The maximum Gasteiger partial charge on any atom is 0.279 e. The molecule has 0 radical (unpaired) electrons. The molecule has 2 aliphatic heterocycles. The molecule has 1 fully saturated rings. The smallest absolute Gasteiger partial charge is 0.279 e. The minimum Gasteiger partial charge on any atom is -0.370 e. The second-order valence-corrected chi connectivity index (χ2v) is 11.9. The first kappa shape index (κ1) is 29.1. The maximum atomic E-state index is 13.5. The fourth-order valence-corrected chi connectivity index (χ4v) is 6.79. The van der Waals surface area contributed by atoms with Gasteiger partial charge in [0.05, 0.1) is 17.3 Å². The minimum absolute atomic E-state index is 0.0150. The average Bonchev–Trinajstić information content (AvgIpc) is 3.64. The number of thioether (sulfide) groups is 1. The van der Waals surface area contributed by atoms with E-state index >= 15 is 0 Å². The van der Waals surface area contributed by atoms with E-state index in [1.165, 1.54) is 30.1 Å². The summed E-state index contributed by atoms with van der Waals surface area (Å²) in [4.78, 5) is 53.5. The predicted octanol–water partition coefficient (Wildman–Crippen LogP) is 0.607. The lowest BCUT2D eigenvalue weighted by Gasteiger charge is -2.22. The summed E-state index contributed by atoms with van der Waals surface area (Å²) in [6.07, 6.45) is 7.85. The summed E-state index contributed by atoms with van der Waals surface area (Å²) in [5.74, 6) is -0.959. The lowest BCUT2D eigenvalue weighted by Crippen LogP contribution is -2.45. The Morgan fingerprint density at radius 2 is 2.10 bits per heavy atom. The van der Waals surface area contributed by atoms with Crippen molar-refractivity contribution in [2.24, 2.45) is 27.2 Å². The van der Waals surface area contributed by atoms with Gasteiger partial charge in [0.15, 0.2) is 11.0 Å². The number of nitrogens with one attached hydrogen (secondary N) is 2. The summed E-state index contributed by atoms with van der Waals surface area (Å²) in [6.45, 7) is 0.808. The van der Waals surface area contributed by atoms with E-state index in [-0.39, 0.29) is 46.8 Å². The van der Waals surface area contributed by atoms with Crippen LogP contribution in [0, 0.1) is 0 Å². The van der Waals surface area contributed by atoms with Crippen molar-refractivity contribution in [3.8, 4) is 0 Å². The molecule has 3 aliphatic rings. The Morgan fingerprint density at radius 3 is 2.85 bits per heavy atom. The molecule has 2 unspecified atom stereocenters. The molecule has 12 nitrogen and oxygen atoms in total. The zero-order valence-electron chi connectivity index (χ0n) is 21.4. The number of halogens is 1. The zero-order chi connectivity index (χ0) is 28.1. The summed E-state index contributed by atoms with van der Waals surface area (Å²) < 4.78 is 0. The van der Waals surface area contributed by atoms with Gasteiger partial charge in [0.2, 0.25) is 5.91 Å². The number of carbonyl (C=O) groups excluding carboxylic acids is 3. The SMILES string of the molecule is CNC(=O)[C@H](CCCCN=C(N)N)NC(=O)c1csc([C@@H]2C[C@@H](N)CN2C(=O)C2=NC3C=C(Cl)C=CC3S2)n1. The summed E-state index contributed by atoms with van der Waals surface area (Å²) in [7, 11) is 1.51. The number of carbonyl (C=O) groups is 3. The van der Waals surface area contributed by atoms with Crippen molar-refractivity contribution in [1.82, 2.24) is 20.5 Å². The quantitative estimate of drug-likeness (QED) is 0.148.